The number of guanidine groups is 1. The Kier molecular flexibility index (Phi) is 10.4. The number of likely N-dealkylation sites (N-methyl/N-ethyl adjacent to an activating group) is 1. The Morgan fingerprint density at radius 3 is 2.70 bits per heavy atom. The fraction of sp³-hybridized carbons (Fsp3) is 0.444. The van der Waals surface area contributed by atoms with Crippen molar-refractivity contribution in [2.45, 2.75) is 19.9 Å². The van der Waals surface area contributed by atoms with Crippen molar-refractivity contribution in [1.29, 1.82) is 0 Å². The van der Waals surface area contributed by atoms with E-state index in [4.69, 9.17) is 0 Å². The molecule has 0 unspecified atom stereocenters. The van der Waals surface area contributed by atoms with Crippen LogP contribution in [0.1, 0.15) is 18.3 Å². The second-order valence-electron chi connectivity index (χ2n) is 5.88. The van der Waals surface area contributed by atoms with Crippen LogP contribution in [-0.4, -0.2) is 58.2 Å². The quantitative estimate of drug-likeness (QED) is 0.333. The summed E-state index contributed by atoms with van der Waals surface area (Å²) in [7, 11) is 3.68. The monoisotopic (exact) mass is 485 g/mol. The molecular weight excluding hydrogens is 457 g/mol. The normalized spacial score (nSPS) is 10.9. The van der Waals surface area contributed by atoms with Gasteiger partial charge in [0.1, 0.15) is 0 Å². The molecule has 0 fully saturated rings. The second kappa shape index (κ2) is 12.3. The summed E-state index contributed by atoms with van der Waals surface area (Å²) in [6.07, 6.45) is 4.24. The van der Waals surface area contributed by atoms with Crippen LogP contribution in [0.5, 0.6) is 0 Å². The Labute approximate surface area is 177 Å². The molecule has 0 saturated carbocycles. The summed E-state index contributed by atoms with van der Waals surface area (Å²) >= 11 is 0. The Bertz CT molecular complexity index is 718. The number of pyridine rings is 1. The van der Waals surface area contributed by atoms with E-state index in [1.54, 1.807) is 29.0 Å². The van der Waals surface area contributed by atoms with Gasteiger partial charge in [-0.2, -0.15) is 5.10 Å². The van der Waals surface area contributed by atoms with Gasteiger partial charge in [0.05, 0.1) is 18.8 Å². The Hall–Kier alpha value is -2.17. The van der Waals surface area contributed by atoms with Crippen molar-refractivity contribution in [3.63, 3.8) is 0 Å². The minimum absolute atomic E-state index is 0. The number of nitrogens with one attached hydrogen (secondary N) is 2. The third-order valence-corrected chi connectivity index (χ3v) is 3.93. The highest BCUT2D eigenvalue weighted by atomic mass is 127. The van der Waals surface area contributed by atoms with Crippen LogP contribution in [0.15, 0.2) is 41.7 Å². The van der Waals surface area contributed by atoms with E-state index in [2.05, 4.69) is 25.7 Å². The molecule has 0 aliphatic rings. The molecule has 0 atom stereocenters. The highest BCUT2D eigenvalue weighted by molar-refractivity contribution is 14.0. The van der Waals surface area contributed by atoms with E-state index in [1.807, 2.05) is 38.2 Å². The van der Waals surface area contributed by atoms with Gasteiger partial charge in [0, 0.05) is 51.7 Å². The number of hydrogen-bond donors (Lipinski definition) is 2. The number of aliphatic imine (C=N–C) groups is 1. The Morgan fingerprint density at radius 1 is 1.26 bits per heavy atom. The minimum Gasteiger partial charge on any atom is -0.357 e. The molecule has 2 aromatic heterocycles. The van der Waals surface area contributed by atoms with Gasteiger partial charge in [-0.1, -0.05) is 6.07 Å². The van der Waals surface area contributed by atoms with Crippen molar-refractivity contribution in [1.82, 2.24) is 30.3 Å². The smallest absolute Gasteiger partial charge is 0.241 e. The number of aryl methyl sites for hydroxylation is 1. The van der Waals surface area contributed by atoms with Gasteiger partial charge in [0.2, 0.25) is 5.91 Å². The van der Waals surface area contributed by atoms with Crippen LogP contribution in [0.2, 0.25) is 0 Å². The van der Waals surface area contributed by atoms with E-state index in [9.17, 15) is 4.79 Å². The molecule has 148 valence electrons. The van der Waals surface area contributed by atoms with Crippen LogP contribution >= 0.6 is 24.0 Å². The Morgan fingerprint density at radius 2 is 2.07 bits per heavy atom. The summed E-state index contributed by atoms with van der Waals surface area (Å²) in [4.78, 5) is 22.8. The van der Waals surface area contributed by atoms with Crippen LogP contribution in [0.25, 0.3) is 0 Å². The molecule has 2 N–H and O–H groups in total. The van der Waals surface area contributed by atoms with E-state index >= 15 is 0 Å². The highest BCUT2D eigenvalue weighted by Gasteiger charge is 2.10. The predicted octanol–water partition coefficient (Wildman–Crippen LogP) is 1.19. The Balaban J connectivity index is 0.00000364. The molecule has 0 aliphatic carbocycles. The summed E-state index contributed by atoms with van der Waals surface area (Å²) in [5.74, 6) is 0.618. The molecule has 27 heavy (non-hydrogen) atoms. The highest BCUT2D eigenvalue weighted by Crippen LogP contribution is 1.98. The van der Waals surface area contributed by atoms with Gasteiger partial charge >= 0.3 is 0 Å². The maximum Gasteiger partial charge on any atom is 0.241 e. The lowest BCUT2D eigenvalue weighted by Gasteiger charge is -2.18. The summed E-state index contributed by atoms with van der Waals surface area (Å²) < 4.78 is 1.78. The van der Waals surface area contributed by atoms with E-state index < -0.39 is 0 Å². The molecule has 9 heteroatoms. The molecule has 8 nitrogen and oxygen atoms in total. The van der Waals surface area contributed by atoms with Crippen LogP contribution in [0.3, 0.4) is 0 Å². The lowest BCUT2D eigenvalue weighted by molar-refractivity contribution is -0.128. The SMILES string of the molecule is CCNC(=NCc1ccnn1C)NCC(=O)N(C)CCc1ccccn1.I. The lowest BCUT2D eigenvalue weighted by atomic mass is 10.2. The fourth-order valence-corrected chi connectivity index (χ4v) is 2.31. The van der Waals surface area contributed by atoms with Gasteiger partial charge < -0.3 is 15.5 Å². The first-order chi connectivity index (χ1) is 12.6. The molecule has 2 rings (SSSR count). The van der Waals surface area contributed by atoms with E-state index in [1.165, 1.54) is 0 Å². The van der Waals surface area contributed by atoms with Crippen LogP contribution in [0.4, 0.5) is 0 Å². The standard InChI is InChI=1S/C18H27N7O.HI/c1-4-19-18(21-13-16-8-11-23-25(16)3)22-14-17(26)24(2)12-9-15-7-5-6-10-20-15;/h5-8,10-11H,4,9,12-14H2,1-3H3,(H2,19,21,22);1H. The van der Waals surface area contributed by atoms with Crippen LogP contribution < -0.4 is 10.6 Å². The summed E-state index contributed by atoms with van der Waals surface area (Å²) in [6.45, 7) is 4.02. The van der Waals surface area contributed by atoms with Gasteiger partial charge in [0.25, 0.3) is 0 Å². The molecular formula is C18H28IN7O. The first-order valence-electron chi connectivity index (χ1n) is 8.73. The molecule has 2 heterocycles. The first kappa shape index (κ1) is 22.9. The van der Waals surface area contributed by atoms with Crippen molar-refractivity contribution < 1.29 is 4.79 Å². The van der Waals surface area contributed by atoms with E-state index in [0.717, 1.165) is 24.4 Å². The first-order valence-corrected chi connectivity index (χ1v) is 8.73. The maximum atomic E-state index is 12.3. The van der Waals surface area contributed by atoms with Crippen molar-refractivity contribution in [3.8, 4) is 0 Å². The molecule has 0 aromatic carbocycles. The van der Waals surface area contributed by atoms with Gasteiger partial charge in [-0.05, 0) is 25.1 Å². The van der Waals surface area contributed by atoms with Gasteiger partial charge in [-0.25, -0.2) is 4.99 Å². The predicted molar refractivity (Wildman–Crippen MR) is 117 cm³/mol. The van der Waals surface area contributed by atoms with Crippen molar-refractivity contribution >= 4 is 35.8 Å². The summed E-state index contributed by atoms with van der Waals surface area (Å²) in [6, 6.07) is 7.72. The van der Waals surface area contributed by atoms with Crippen LogP contribution in [-0.2, 0) is 24.8 Å². The number of nitrogens with zero attached hydrogens (tertiary/aromatic N) is 5. The van der Waals surface area contributed by atoms with Crippen LogP contribution in [0, 0.1) is 0 Å². The number of aromatic nitrogens is 3. The summed E-state index contributed by atoms with van der Waals surface area (Å²) in [5, 5.41) is 10.4. The minimum atomic E-state index is 0. The largest absolute Gasteiger partial charge is 0.357 e. The number of amides is 1. The number of carbonyl (C=O) groups excluding carboxylic acids is 1. The average Bonchev–Trinajstić information content (AvgIpc) is 3.07. The van der Waals surface area contributed by atoms with Gasteiger partial charge in [-0.3, -0.25) is 14.5 Å². The number of halogens is 1. The summed E-state index contributed by atoms with van der Waals surface area (Å²) in [5.41, 5.74) is 1.98. The zero-order chi connectivity index (χ0) is 18.8. The molecule has 2 aromatic rings. The third-order valence-electron chi connectivity index (χ3n) is 3.93. The molecule has 0 radical (unpaired) electrons. The molecule has 0 aliphatic heterocycles. The number of rotatable bonds is 8. The van der Waals surface area contributed by atoms with Crippen molar-refractivity contribution in [2.75, 3.05) is 26.7 Å². The van der Waals surface area contributed by atoms with Crippen molar-refractivity contribution in [2.24, 2.45) is 12.0 Å². The zero-order valence-electron chi connectivity index (χ0n) is 16.1. The fourth-order valence-electron chi connectivity index (χ4n) is 2.31. The molecule has 0 bridgehead atoms. The number of carbonyl (C=O) groups is 1. The topological polar surface area (TPSA) is 87.4 Å². The zero-order valence-corrected chi connectivity index (χ0v) is 18.4. The lowest BCUT2D eigenvalue weighted by Crippen LogP contribution is -2.44. The van der Waals surface area contributed by atoms with Crippen molar-refractivity contribution in [3.05, 3.63) is 48.0 Å². The molecule has 0 saturated heterocycles. The molecule has 0 spiro atoms. The molecule has 1 amide bonds. The second-order valence-corrected chi connectivity index (χ2v) is 5.88. The average molecular weight is 485 g/mol. The van der Waals surface area contributed by atoms with Gasteiger partial charge in [-0.15, -0.1) is 24.0 Å². The number of hydrogen-bond acceptors (Lipinski definition) is 4. The van der Waals surface area contributed by atoms with E-state index in [-0.39, 0.29) is 36.4 Å². The van der Waals surface area contributed by atoms with E-state index in [0.29, 0.717) is 19.0 Å². The third kappa shape index (κ3) is 7.94. The van der Waals surface area contributed by atoms with Gasteiger partial charge in [0.15, 0.2) is 5.96 Å². The maximum absolute atomic E-state index is 12.3.